The number of aryl methyl sites for hydroxylation is 1. The van der Waals surface area contributed by atoms with Crippen LogP contribution in [0.25, 0.3) is 5.65 Å². The second-order valence-corrected chi connectivity index (χ2v) is 5.94. The zero-order valence-corrected chi connectivity index (χ0v) is 11.7. The van der Waals surface area contributed by atoms with E-state index in [1.54, 1.807) is 6.26 Å². The van der Waals surface area contributed by atoms with Gasteiger partial charge in [0.15, 0.2) is 0 Å². The Morgan fingerprint density at radius 1 is 1.44 bits per heavy atom. The third-order valence-electron chi connectivity index (χ3n) is 2.91. The Morgan fingerprint density at radius 2 is 2.28 bits per heavy atom. The van der Waals surface area contributed by atoms with E-state index in [-0.39, 0.29) is 0 Å². The van der Waals surface area contributed by atoms with Crippen molar-refractivity contribution >= 4 is 16.4 Å². The van der Waals surface area contributed by atoms with Gasteiger partial charge in [0.05, 0.1) is 11.4 Å². The second kappa shape index (κ2) is 6.11. The van der Waals surface area contributed by atoms with Crippen molar-refractivity contribution in [2.45, 2.75) is 19.9 Å². The zero-order chi connectivity index (χ0) is 13.0. The highest BCUT2D eigenvalue weighted by atomic mass is 32.2. The Balaban J connectivity index is 1.95. The molecule has 0 aliphatic heterocycles. The molecule has 1 atom stereocenters. The summed E-state index contributed by atoms with van der Waals surface area (Å²) in [6, 6.07) is 6.02. The largest absolute Gasteiger partial charge is 0.311 e. The Bertz CT molecular complexity index is 550. The number of aromatic nitrogens is 2. The molecule has 0 spiro atoms. The van der Waals surface area contributed by atoms with Crippen LogP contribution in [0.3, 0.4) is 0 Å². The van der Waals surface area contributed by atoms with Crippen LogP contribution < -0.4 is 5.32 Å². The molecule has 5 heteroatoms. The van der Waals surface area contributed by atoms with Crippen LogP contribution in [0, 0.1) is 6.92 Å². The monoisotopic (exact) mass is 265 g/mol. The molecule has 98 valence electrons. The average molecular weight is 265 g/mol. The third kappa shape index (κ3) is 3.17. The van der Waals surface area contributed by atoms with E-state index < -0.39 is 10.8 Å². The quantitative estimate of drug-likeness (QED) is 0.805. The van der Waals surface area contributed by atoms with Crippen molar-refractivity contribution in [1.29, 1.82) is 0 Å². The standard InChI is InChI=1S/C13H19N3OS/c1-11-12(10-14-7-5-9-18(2)17)16-8-4-3-6-13(16)15-11/h3-4,6,8,14H,5,7,9-10H2,1-2H3. The fourth-order valence-electron chi connectivity index (χ4n) is 1.98. The molecular formula is C13H19N3OS. The summed E-state index contributed by atoms with van der Waals surface area (Å²) in [4.78, 5) is 4.51. The van der Waals surface area contributed by atoms with E-state index >= 15 is 0 Å². The van der Waals surface area contributed by atoms with E-state index in [2.05, 4.69) is 14.7 Å². The van der Waals surface area contributed by atoms with Gasteiger partial charge in [-0.1, -0.05) is 6.07 Å². The van der Waals surface area contributed by atoms with Gasteiger partial charge in [0.1, 0.15) is 5.65 Å². The third-order valence-corrected chi connectivity index (χ3v) is 3.77. The number of hydrogen-bond acceptors (Lipinski definition) is 3. The Kier molecular flexibility index (Phi) is 4.49. The Morgan fingerprint density at radius 3 is 3.06 bits per heavy atom. The van der Waals surface area contributed by atoms with Crippen LogP contribution in [0.1, 0.15) is 17.8 Å². The summed E-state index contributed by atoms with van der Waals surface area (Å²) in [5, 5.41) is 3.38. The number of rotatable bonds is 6. The van der Waals surface area contributed by atoms with Crippen LogP contribution in [-0.4, -0.2) is 32.1 Å². The lowest BCUT2D eigenvalue weighted by atomic mass is 10.3. The summed E-state index contributed by atoms with van der Waals surface area (Å²) in [6.45, 7) is 3.72. The van der Waals surface area contributed by atoms with E-state index in [4.69, 9.17) is 0 Å². The first-order valence-electron chi connectivity index (χ1n) is 6.12. The van der Waals surface area contributed by atoms with Crippen molar-refractivity contribution in [3.05, 3.63) is 35.8 Å². The highest BCUT2D eigenvalue weighted by molar-refractivity contribution is 7.84. The first kappa shape index (κ1) is 13.2. The molecule has 0 fully saturated rings. The van der Waals surface area contributed by atoms with Gasteiger partial charge in [-0.2, -0.15) is 0 Å². The van der Waals surface area contributed by atoms with Crippen LogP contribution >= 0.6 is 0 Å². The van der Waals surface area contributed by atoms with Crippen LogP contribution in [-0.2, 0) is 17.3 Å². The molecule has 0 aromatic carbocycles. The first-order chi connectivity index (χ1) is 8.68. The molecule has 0 aliphatic carbocycles. The van der Waals surface area contributed by atoms with Gasteiger partial charge in [0.2, 0.25) is 0 Å². The van der Waals surface area contributed by atoms with Gasteiger partial charge in [0, 0.05) is 35.5 Å². The molecule has 2 heterocycles. The molecule has 0 saturated carbocycles. The van der Waals surface area contributed by atoms with Gasteiger partial charge >= 0.3 is 0 Å². The maximum absolute atomic E-state index is 10.9. The van der Waals surface area contributed by atoms with E-state index in [0.29, 0.717) is 0 Å². The molecule has 1 N–H and O–H groups in total. The predicted molar refractivity (Wildman–Crippen MR) is 75.2 cm³/mol. The lowest BCUT2D eigenvalue weighted by Gasteiger charge is -2.05. The number of imidazole rings is 1. The van der Waals surface area contributed by atoms with Gasteiger partial charge in [-0.25, -0.2) is 4.98 Å². The number of hydrogen-bond donors (Lipinski definition) is 1. The van der Waals surface area contributed by atoms with Crippen LogP contribution in [0.2, 0.25) is 0 Å². The first-order valence-corrected chi connectivity index (χ1v) is 7.84. The van der Waals surface area contributed by atoms with Gasteiger partial charge in [-0.05, 0) is 32.0 Å². The molecule has 4 nitrogen and oxygen atoms in total. The molecule has 2 aromatic rings. The van der Waals surface area contributed by atoms with E-state index in [1.807, 2.05) is 31.3 Å². The molecular weight excluding hydrogens is 246 g/mol. The highest BCUT2D eigenvalue weighted by Gasteiger charge is 2.06. The molecule has 0 saturated heterocycles. The molecule has 0 bridgehead atoms. The smallest absolute Gasteiger partial charge is 0.137 e. The number of fused-ring (bicyclic) bond motifs is 1. The summed E-state index contributed by atoms with van der Waals surface area (Å²) in [5.41, 5.74) is 3.25. The topological polar surface area (TPSA) is 46.4 Å². The summed E-state index contributed by atoms with van der Waals surface area (Å²) in [5.74, 6) is 0.763. The maximum Gasteiger partial charge on any atom is 0.137 e. The number of pyridine rings is 1. The van der Waals surface area contributed by atoms with Gasteiger partial charge in [-0.15, -0.1) is 0 Å². The zero-order valence-electron chi connectivity index (χ0n) is 10.8. The Labute approximate surface area is 110 Å². The van der Waals surface area contributed by atoms with Crippen molar-refractivity contribution < 1.29 is 4.21 Å². The van der Waals surface area contributed by atoms with Crippen molar-refractivity contribution in [3.8, 4) is 0 Å². The second-order valence-electron chi connectivity index (χ2n) is 4.38. The van der Waals surface area contributed by atoms with Crippen molar-refractivity contribution in [2.24, 2.45) is 0 Å². The lowest BCUT2D eigenvalue weighted by molar-refractivity contribution is 0.651. The van der Waals surface area contributed by atoms with Gasteiger partial charge in [0.25, 0.3) is 0 Å². The molecule has 18 heavy (non-hydrogen) atoms. The summed E-state index contributed by atoms with van der Waals surface area (Å²) in [6.07, 6.45) is 4.72. The van der Waals surface area contributed by atoms with E-state index in [1.165, 1.54) is 5.69 Å². The molecule has 1 unspecified atom stereocenters. The predicted octanol–water partition coefficient (Wildman–Crippen LogP) is 1.50. The molecule has 2 aromatic heterocycles. The molecule has 0 amide bonds. The fraction of sp³-hybridized carbons (Fsp3) is 0.462. The SMILES string of the molecule is Cc1nc2ccccn2c1CNCCCS(C)=O. The highest BCUT2D eigenvalue weighted by Crippen LogP contribution is 2.11. The average Bonchev–Trinajstić information content (AvgIpc) is 2.65. The van der Waals surface area contributed by atoms with Crippen molar-refractivity contribution in [2.75, 3.05) is 18.6 Å². The number of nitrogens with one attached hydrogen (secondary N) is 1. The number of nitrogens with zero attached hydrogens (tertiary/aromatic N) is 2. The van der Waals surface area contributed by atoms with Gasteiger partial charge < -0.3 is 9.72 Å². The van der Waals surface area contributed by atoms with Crippen LogP contribution in [0.5, 0.6) is 0 Å². The summed E-state index contributed by atoms with van der Waals surface area (Å²) < 4.78 is 13.0. The Hall–Kier alpha value is -1.20. The van der Waals surface area contributed by atoms with Crippen LogP contribution in [0.4, 0.5) is 0 Å². The molecule has 2 rings (SSSR count). The van der Waals surface area contributed by atoms with Crippen molar-refractivity contribution in [1.82, 2.24) is 14.7 Å². The van der Waals surface area contributed by atoms with Gasteiger partial charge in [-0.3, -0.25) is 4.21 Å². The lowest BCUT2D eigenvalue weighted by Crippen LogP contribution is -2.18. The van der Waals surface area contributed by atoms with Crippen molar-refractivity contribution in [3.63, 3.8) is 0 Å². The molecule has 0 aliphatic rings. The minimum absolute atomic E-state index is 0.690. The normalized spacial score (nSPS) is 13.0. The minimum Gasteiger partial charge on any atom is -0.311 e. The van der Waals surface area contributed by atoms with E-state index in [0.717, 1.165) is 36.6 Å². The fourth-order valence-corrected chi connectivity index (χ4v) is 2.54. The summed E-state index contributed by atoms with van der Waals surface area (Å²) in [7, 11) is -0.690. The van der Waals surface area contributed by atoms with E-state index in [9.17, 15) is 4.21 Å². The van der Waals surface area contributed by atoms with Crippen LogP contribution in [0.15, 0.2) is 24.4 Å². The minimum atomic E-state index is -0.690. The maximum atomic E-state index is 10.9. The molecule has 0 radical (unpaired) electrons. The summed E-state index contributed by atoms with van der Waals surface area (Å²) >= 11 is 0.